The molecule has 4 heterocycles. The molecule has 10 heteroatoms. The Morgan fingerprint density at radius 2 is 1.97 bits per heavy atom. The number of hydrogen-bond acceptors (Lipinski definition) is 8. The summed E-state index contributed by atoms with van der Waals surface area (Å²) < 4.78 is 1.32. The van der Waals surface area contributed by atoms with Crippen molar-refractivity contribution in [2.45, 2.75) is 46.0 Å². The first kappa shape index (κ1) is 28.6. The summed E-state index contributed by atoms with van der Waals surface area (Å²) in [5.74, 6) is -0.268. The Kier molecular flexibility index (Phi) is 8.97. The van der Waals surface area contributed by atoms with Gasteiger partial charge in [-0.15, -0.1) is 11.3 Å². The molecular weight excluding hydrogens is 510 g/mol. The van der Waals surface area contributed by atoms with Crippen LogP contribution >= 0.6 is 11.3 Å². The van der Waals surface area contributed by atoms with Crippen molar-refractivity contribution in [3.8, 4) is 0 Å². The van der Waals surface area contributed by atoms with E-state index >= 15 is 0 Å². The zero-order valence-electron chi connectivity index (χ0n) is 23.2. The lowest BCUT2D eigenvalue weighted by molar-refractivity contribution is -0.144. The maximum Gasteiger partial charge on any atom is 0.314 e. The Morgan fingerprint density at radius 1 is 1.21 bits per heavy atom. The number of nitrogens with one attached hydrogen (secondary N) is 2. The second-order valence-corrected chi connectivity index (χ2v) is 12.4. The first-order chi connectivity index (χ1) is 18.6. The van der Waals surface area contributed by atoms with E-state index in [9.17, 15) is 9.59 Å². The molecule has 2 unspecified atom stereocenters. The van der Waals surface area contributed by atoms with Crippen molar-refractivity contribution in [1.29, 1.82) is 5.41 Å². The molecule has 0 spiro atoms. The van der Waals surface area contributed by atoms with E-state index in [1.165, 1.54) is 35.1 Å². The van der Waals surface area contributed by atoms with Crippen LogP contribution in [0, 0.1) is 16.7 Å². The number of thiazole rings is 1. The summed E-state index contributed by atoms with van der Waals surface area (Å²) in [6, 6.07) is 8.48. The van der Waals surface area contributed by atoms with Crippen LogP contribution in [0.15, 0.2) is 36.7 Å². The molecule has 0 saturated carbocycles. The molecule has 0 bridgehead atoms. The van der Waals surface area contributed by atoms with Gasteiger partial charge in [-0.2, -0.15) is 0 Å². The second kappa shape index (κ2) is 12.2. The molecule has 208 valence electrons. The number of amides is 2. The molecule has 3 aromatic rings. The highest BCUT2D eigenvalue weighted by Gasteiger charge is 2.37. The summed E-state index contributed by atoms with van der Waals surface area (Å²) in [6.45, 7) is 10.4. The highest BCUT2D eigenvalue weighted by Crippen LogP contribution is 2.44. The van der Waals surface area contributed by atoms with Crippen molar-refractivity contribution in [2.75, 3.05) is 44.3 Å². The van der Waals surface area contributed by atoms with Crippen molar-refractivity contribution in [2.24, 2.45) is 11.3 Å². The highest BCUT2D eigenvalue weighted by molar-refractivity contribution is 7.18. The molecule has 1 aromatic carbocycles. The number of likely N-dealkylation sites (tertiary alicyclic amines) is 2. The molecule has 2 atom stereocenters. The van der Waals surface area contributed by atoms with E-state index < -0.39 is 11.8 Å². The molecule has 4 N–H and O–H groups in total. The summed E-state index contributed by atoms with van der Waals surface area (Å²) in [5.41, 5.74) is 8.17. The molecule has 5 rings (SSSR count). The normalized spacial score (nSPS) is 21.1. The molecule has 2 amide bonds. The zero-order chi connectivity index (χ0) is 28.2. The van der Waals surface area contributed by atoms with Gasteiger partial charge in [0.2, 0.25) is 0 Å². The lowest BCUT2D eigenvalue weighted by Gasteiger charge is -2.42. The molecule has 2 aliphatic heterocycles. The average molecular weight is 550 g/mol. The third-order valence-electron chi connectivity index (χ3n) is 7.59. The molecule has 2 saturated heterocycles. The number of carbonyl (C=O) groups is 2. The minimum atomic E-state index is -0.722. The third kappa shape index (κ3) is 6.80. The van der Waals surface area contributed by atoms with Gasteiger partial charge in [-0.3, -0.25) is 14.6 Å². The van der Waals surface area contributed by atoms with Crippen LogP contribution in [-0.4, -0.2) is 71.0 Å². The number of nitrogen functional groups attached to an aromatic ring is 1. The van der Waals surface area contributed by atoms with Crippen molar-refractivity contribution in [3.63, 3.8) is 0 Å². The van der Waals surface area contributed by atoms with Gasteiger partial charge in [0.25, 0.3) is 0 Å². The number of carbonyl (C=O) groups excluding carboxylic acids is 2. The van der Waals surface area contributed by atoms with Crippen LogP contribution in [0.4, 0.5) is 11.4 Å². The van der Waals surface area contributed by atoms with E-state index in [4.69, 9.17) is 16.1 Å². The number of nitrogens with two attached hydrogens (primary N) is 1. The largest absolute Gasteiger partial charge is 0.396 e. The molecule has 2 aromatic heterocycles. The fourth-order valence-corrected chi connectivity index (χ4v) is 6.83. The molecule has 2 aliphatic rings. The fraction of sp³-hybridized carbons (Fsp3) is 0.483. The third-order valence-corrected chi connectivity index (χ3v) is 8.74. The summed E-state index contributed by atoms with van der Waals surface area (Å²) in [7, 11) is 2.22. The Hall–Kier alpha value is -3.37. The van der Waals surface area contributed by atoms with Gasteiger partial charge in [-0.25, -0.2) is 4.98 Å². The number of aromatic nitrogens is 2. The van der Waals surface area contributed by atoms with Crippen LogP contribution in [0.5, 0.6) is 0 Å². The van der Waals surface area contributed by atoms with Crippen LogP contribution < -0.4 is 11.1 Å². The number of rotatable bonds is 3. The van der Waals surface area contributed by atoms with Crippen LogP contribution in [0.3, 0.4) is 0 Å². The monoisotopic (exact) mass is 549 g/mol. The number of hydrogen-bond donors (Lipinski definition) is 3. The van der Waals surface area contributed by atoms with Crippen molar-refractivity contribution in [1.82, 2.24) is 19.8 Å². The molecular formula is C29H39N7O2S. The maximum absolute atomic E-state index is 12.1. The van der Waals surface area contributed by atoms with E-state index in [-0.39, 0.29) is 11.4 Å². The smallest absolute Gasteiger partial charge is 0.314 e. The summed E-state index contributed by atoms with van der Waals surface area (Å²) >= 11 is 1.88. The number of pyridine rings is 1. The lowest BCUT2D eigenvalue weighted by atomic mass is 9.74. The number of nitrogens with zero attached hydrogens (tertiary/aromatic N) is 4. The average Bonchev–Trinajstić information content (AvgIpc) is 3.33. The number of benzene rings is 1. The first-order valence-electron chi connectivity index (χ1n) is 13.5. The zero-order valence-corrected chi connectivity index (χ0v) is 24.1. The quantitative estimate of drug-likeness (QED) is 0.324. The van der Waals surface area contributed by atoms with E-state index in [1.807, 2.05) is 11.3 Å². The van der Waals surface area contributed by atoms with Gasteiger partial charge in [0, 0.05) is 43.5 Å². The minimum absolute atomic E-state index is 0.230. The van der Waals surface area contributed by atoms with Gasteiger partial charge in [0.15, 0.2) is 0 Å². The van der Waals surface area contributed by atoms with Gasteiger partial charge in [0.05, 0.1) is 32.8 Å². The second-order valence-electron chi connectivity index (χ2n) is 11.4. The Morgan fingerprint density at radius 3 is 2.67 bits per heavy atom. The minimum Gasteiger partial charge on any atom is -0.396 e. The number of anilines is 2. The highest BCUT2D eigenvalue weighted by atomic mass is 32.1. The van der Waals surface area contributed by atoms with E-state index in [0.29, 0.717) is 35.9 Å². The lowest BCUT2D eigenvalue weighted by Crippen LogP contribution is -2.44. The van der Waals surface area contributed by atoms with E-state index in [1.54, 1.807) is 4.90 Å². The van der Waals surface area contributed by atoms with Gasteiger partial charge in [-0.05, 0) is 56.3 Å². The molecule has 39 heavy (non-hydrogen) atoms. The Bertz CT molecular complexity index is 1310. The topological polar surface area (TPSA) is 128 Å². The SMILES string of the molecule is CC1CCCN(C(=O)C(=O)Nc2cncc(C=N)c2N)C1.CN1CCC(c2nc3ccccc3s2)C(C)(C)C1. The summed E-state index contributed by atoms with van der Waals surface area (Å²) in [4.78, 5) is 36.9. The van der Waals surface area contributed by atoms with Gasteiger partial charge in [0.1, 0.15) is 0 Å². The molecule has 0 radical (unpaired) electrons. The fourth-order valence-electron chi connectivity index (χ4n) is 5.52. The number of fused-ring (bicyclic) bond motifs is 1. The predicted molar refractivity (Wildman–Crippen MR) is 158 cm³/mol. The van der Waals surface area contributed by atoms with E-state index in [2.05, 4.69) is 67.3 Å². The molecule has 2 fully saturated rings. The van der Waals surface area contributed by atoms with E-state index in [0.717, 1.165) is 31.1 Å². The van der Waals surface area contributed by atoms with Gasteiger partial charge < -0.3 is 26.3 Å². The van der Waals surface area contributed by atoms with Crippen LogP contribution in [0.2, 0.25) is 0 Å². The van der Waals surface area contributed by atoms with Gasteiger partial charge in [-0.1, -0.05) is 32.9 Å². The first-order valence-corrected chi connectivity index (χ1v) is 14.3. The molecule has 0 aliphatic carbocycles. The summed E-state index contributed by atoms with van der Waals surface area (Å²) in [5, 5.41) is 11.0. The van der Waals surface area contributed by atoms with Gasteiger partial charge >= 0.3 is 11.8 Å². The van der Waals surface area contributed by atoms with Crippen LogP contribution in [0.1, 0.15) is 56.5 Å². The molecule has 9 nitrogen and oxygen atoms in total. The Balaban J connectivity index is 0.000000183. The van der Waals surface area contributed by atoms with Crippen molar-refractivity contribution >= 4 is 51.0 Å². The van der Waals surface area contributed by atoms with Crippen molar-refractivity contribution < 1.29 is 9.59 Å². The number of piperidine rings is 2. The van der Waals surface area contributed by atoms with Crippen LogP contribution in [0.25, 0.3) is 10.2 Å². The predicted octanol–water partition coefficient (Wildman–Crippen LogP) is 4.60. The Labute approximate surface area is 234 Å². The summed E-state index contributed by atoms with van der Waals surface area (Å²) in [6.07, 6.45) is 7.05. The van der Waals surface area contributed by atoms with Crippen LogP contribution in [-0.2, 0) is 9.59 Å². The van der Waals surface area contributed by atoms with Crippen molar-refractivity contribution in [3.05, 3.63) is 47.2 Å². The standard InChI is InChI=1S/C15H20N2S.C14H19N5O2/c1-15(2)10-17(3)9-8-11(15)14-16-12-6-4-5-7-13(12)18-14;1-9-3-2-4-19(8-9)14(21)13(20)18-11-7-17-6-10(5-15)12(11)16/h4-7,11H,8-10H2,1-3H3;5-7,9,15H,2-4,8H2,1H3,(H2,16,17)(H,18,20). The number of para-hydroxylation sites is 1. The maximum atomic E-state index is 12.1.